The summed E-state index contributed by atoms with van der Waals surface area (Å²) in [5.41, 5.74) is 0. The Morgan fingerprint density at radius 1 is 0.621 bits per heavy atom. The quantitative estimate of drug-likeness (QED) is 0.448. The van der Waals surface area contributed by atoms with Crippen LogP contribution in [0.3, 0.4) is 0 Å². The lowest BCUT2D eigenvalue weighted by atomic mass is 9.99. The van der Waals surface area contributed by atoms with Crippen LogP contribution in [-0.4, -0.2) is 101 Å². The summed E-state index contributed by atoms with van der Waals surface area (Å²) in [6, 6.07) is 0. The molecule has 170 valence electrons. The van der Waals surface area contributed by atoms with E-state index in [-0.39, 0.29) is 25.4 Å². The molecule has 10 heteroatoms. The van der Waals surface area contributed by atoms with E-state index in [0.717, 1.165) is 0 Å². The van der Waals surface area contributed by atoms with Gasteiger partial charge in [-0.15, -0.1) is 0 Å². The van der Waals surface area contributed by atoms with E-state index in [1.807, 2.05) is 0 Å². The van der Waals surface area contributed by atoms with Gasteiger partial charge in [0.25, 0.3) is 0 Å². The highest BCUT2D eigenvalue weighted by Gasteiger charge is 2.44. The van der Waals surface area contributed by atoms with E-state index in [1.54, 1.807) is 20.8 Å². The van der Waals surface area contributed by atoms with Crippen molar-refractivity contribution in [3.8, 4) is 0 Å². The van der Waals surface area contributed by atoms with Crippen LogP contribution in [0, 0.1) is 0 Å². The van der Waals surface area contributed by atoms with Gasteiger partial charge in [0.15, 0.2) is 18.9 Å². The lowest BCUT2D eigenvalue weighted by Crippen LogP contribution is -2.56. The van der Waals surface area contributed by atoms with Crippen LogP contribution in [0.25, 0.3) is 0 Å². The Morgan fingerprint density at radius 3 is 1.45 bits per heavy atom. The number of aliphatic hydroxyl groups is 4. The Labute approximate surface area is 170 Å². The number of methoxy groups -OCH3 is 1. The van der Waals surface area contributed by atoms with Crippen molar-refractivity contribution in [3.05, 3.63) is 0 Å². The van der Waals surface area contributed by atoms with Crippen molar-refractivity contribution in [1.82, 2.24) is 0 Å². The zero-order chi connectivity index (χ0) is 21.3. The average Bonchev–Trinajstić information content (AvgIpc) is 2.61. The summed E-state index contributed by atoms with van der Waals surface area (Å²) in [6.07, 6.45) is -7.73. The summed E-state index contributed by atoms with van der Waals surface area (Å²) < 4.78 is 33.9. The second kappa shape index (κ2) is 9.82. The van der Waals surface area contributed by atoms with Crippen molar-refractivity contribution >= 4 is 0 Å². The van der Waals surface area contributed by atoms with Gasteiger partial charge in [0.2, 0.25) is 0 Å². The maximum absolute atomic E-state index is 10.6. The Hall–Kier alpha value is -0.400. The fourth-order valence-electron chi connectivity index (χ4n) is 4.34. The Bertz CT molecular complexity index is 485. The first-order valence-electron chi connectivity index (χ1n) is 10.2. The number of aliphatic hydroxyl groups excluding tert-OH is 4. The van der Waals surface area contributed by atoms with Crippen molar-refractivity contribution in [2.24, 2.45) is 0 Å². The van der Waals surface area contributed by atoms with Crippen molar-refractivity contribution in [2.45, 2.75) is 114 Å². The Kier molecular flexibility index (Phi) is 7.88. The third-order valence-corrected chi connectivity index (χ3v) is 5.83. The van der Waals surface area contributed by atoms with Crippen LogP contribution < -0.4 is 0 Å². The SMILES string of the molecule is CO[C@H]1[C@@H](O)C[C@H](O[C@H]2[C@@H](O)C[C@H](O[C@H]3[C@@H](O)CC(O)O[C@@H]3C)O[C@@H]2C)O[C@@H]1C. The molecule has 0 spiro atoms. The number of hydrogen-bond acceptors (Lipinski definition) is 10. The first kappa shape index (κ1) is 23.3. The van der Waals surface area contributed by atoms with Gasteiger partial charge in [-0.1, -0.05) is 0 Å². The van der Waals surface area contributed by atoms with Crippen molar-refractivity contribution in [3.63, 3.8) is 0 Å². The molecule has 0 radical (unpaired) electrons. The largest absolute Gasteiger partial charge is 0.390 e. The third-order valence-electron chi connectivity index (χ3n) is 5.83. The lowest BCUT2D eigenvalue weighted by Gasteiger charge is -2.44. The number of hydrogen-bond donors (Lipinski definition) is 4. The van der Waals surface area contributed by atoms with E-state index in [9.17, 15) is 20.4 Å². The second-order valence-corrected chi connectivity index (χ2v) is 8.15. The molecule has 0 amide bonds. The van der Waals surface area contributed by atoms with Gasteiger partial charge < -0.3 is 48.8 Å². The molecule has 12 atom stereocenters. The molecule has 0 aromatic heterocycles. The predicted molar refractivity (Wildman–Crippen MR) is 97.6 cm³/mol. The van der Waals surface area contributed by atoms with Gasteiger partial charge in [-0.25, -0.2) is 0 Å². The highest BCUT2D eigenvalue weighted by Crippen LogP contribution is 2.31. The van der Waals surface area contributed by atoms with E-state index in [2.05, 4.69) is 0 Å². The van der Waals surface area contributed by atoms with E-state index in [1.165, 1.54) is 7.11 Å². The predicted octanol–water partition coefficient (Wildman–Crippen LogP) is -0.748. The van der Waals surface area contributed by atoms with E-state index in [0.29, 0.717) is 0 Å². The molecule has 0 aromatic rings. The van der Waals surface area contributed by atoms with E-state index < -0.39 is 67.7 Å². The molecule has 3 saturated heterocycles. The zero-order valence-corrected chi connectivity index (χ0v) is 17.3. The first-order chi connectivity index (χ1) is 13.7. The molecule has 3 aliphatic heterocycles. The average molecular weight is 422 g/mol. The minimum absolute atomic E-state index is 0.0492. The molecule has 29 heavy (non-hydrogen) atoms. The molecule has 4 N–H and O–H groups in total. The van der Waals surface area contributed by atoms with Gasteiger partial charge >= 0.3 is 0 Å². The molecule has 10 nitrogen and oxygen atoms in total. The molecule has 0 aliphatic carbocycles. The molecular weight excluding hydrogens is 388 g/mol. The second-order valence-electron chi connectivity index (χ2n) is 8.15. The van der Waals surface area contributed by atoms with Crippen LogP contribution >= 0.6 is 0 Å². The van der Waals surface area contributed by atoms with Crippen molar-refractivity contribution in [2.75, 3.05) is 7.11 Å². The summed E-state index contributed by atoms with van der Waals surface area (Å²) >= 11 is 0. The summed E-state index contributed by atoms with van der Waals surface area (Å²) in [5, 5.41) is 40.6. The molecule has 0 bridgehead atoms. The van der Waals surface area contributed by atoms with E-state index >= 15 is 0 Å². The van der Waals surface area contributed by atoms with Crippen LogP contribution in [0.15, 0.2) is 0 Å². The maximum Gasteiger partial charge on any atom is 0.161 e. The monoisotopic (exact) mass is 422 g/mol. The Morgan fingerprint density at radius 2 is 1.03 bits per heavy atom. The normalized spacial score (nSPS) is 51.7. The zero-order valence-electron chi connectivity index (χ0n) is 17.3. The topological polar surface area (TPSA) is 136 Å². The number of ether oxygens (including phenoxy) is 6. The van der Waals surface area contributed by atoms with Crippen LogP contribution in [-0.2, 0) is 28.4 Å². The summed E-state index contributed by atoms with van der Waals surface area (Å²) in [7, 11) is 1.52. The number of rotatable bonds is 5. The van der Waals surface area contributed by atoms with E-state index in [4.69, 9.17) is 28.4 Å². The fraction of sp³-hybridized carbons (Fsp3) is 1.00. The van der Waals surface area contributed by atoms with Crippen LogP contribution in [0.2, 0.25) is 0 Å². The molecule has 0 saturated carbocycles. The van der Waals surface area contributed by atoms with Gasteiger partial charge in [0.1, 0.15) is 18.3 Å². The minimum Gasteiger partial charge on any atom is -0.390 e. The molecule has 3 aliphatic rings. The molecule has 3 rings (SSSR count). The minimum atomic E-state index is -1.03. The van der Waals surface area contributed by atoms with Crippen LogP contribution in [0.1, 0.15) is 40.0 Å². The van der Waals surface area contributed by atoms with Crippen molar-refractivity contribution < 1.29 is 48.8 Å². The van der Waals surface area contributed by atoms with Crippen molar-refractivity contribution in [1.29, 1.82) is 0 Å². The van der Waals surface area contributed by atoms with Gasteiger partial charge in [-0.2, -0.15) is 0 Å². The highest BCUT2D eigenvalue weighted by atomic mass is 16.7. The summed E-state index contributed by atoms with van der Waals surface area (Å²) in [4.78, 5) is 0. The Balaban J connectivity index is 1.54. The van der Waals surface area contributed by atoms with Gasteiger partial charge in [-0.05, 0) is 20.8 Å². The summed E-state index contributed by atoms with van der Waals surface area (Å²) in [6.45, 7) is 5.25. The maximum atomic E-state index is 10.6. The van der Waals surface area contributed by atoms with Crippen LogP contribution in [0.4, 0.5) is 0 Å². The van der Waals surface area contributed by atoms with Gasteiger partial charge in [0, 0.05) is 26.4 Å². The lowest BCUT2D eigenvalue weighted by molar-refractivity contribution is -0.332. The first-order valence-corrected chi connectivity index (χ1v) is 10.2. The smallest absolute Gasteiger partial charge is 0.161 e. The molecule has 1 unspecified atom stereocenters. The molecule has 3 fully saturated rings. The summed E-state index contributed by atoms with van der Waals surface area (Å²) in [5.74, 6) is 0. The van der Waals surface area contributed by atoms with Gasteiger partial charge in [-0.3, -0.25) is 0 Å². The molecular formula is C19H34O10. The molecule has 3 heterocycles. The standard InChI is InChI=1S/C19H34O10/c1-8-17(24-4)12(21)6-15(26-8)29-19-10(3)27-16(7-13(19)22)28-18-9(2)25-14(23)5-11(18)20/h8-23H,5-7H2,1-4H3/t8-,9-,10-,11+,12+,13+,14?,15+,16+,17-,18-,19-/m1/s1. The third kappa shape index (κ3) is 5.45. The highest BCUT2D eigenvalue weighted by molar-refractivity contribution is 4.87. The fourth-order valence-corrected chi connectivity index (χ4v) is 4.34. The van der Waals surface area contributed by atoms with Gasteiger partial charge in [0.05, 0.1) is 36.6 Å². The molecule has 0 aromatic carbocycles. The van der Waals surface area contributed by atoms with Crippen LogP contribution in [0.5, 0.6) is 0 Å².